The summed E-state index contributed by atoms with van der Waals surface area (Å²) in [4.78, 5) is 14.6. The van der Waals surface area contributed by atoms with E-state index >= 15 is 0 Å². The third-order valence-corrected chi connectivity index (χ3v) is 9.01. The van der Waals surface area contributed by atoms with Crippen LogP contribution in [0.2, 0.25) is 0 Å². The Morgan fingerprint density at radius 3 is 1.50 bits per heavy atom. The van der Waals surface area contributed by atoms with Gasteiger partial charge in [-0.25, -0.2) is 15.0 Å². The van der Waals surface area contributed by atoms with Gasteiger partial charge in [0.2, 0.25) is 0 Å². The molecule has 1 heterocycles. The first-order valence-corrected chi connectivity index (χ1v) is 16.4. The third-order valence-electron chi connectivity index (χ3n) is 9.01. The predicted octanol–water partition coefficient (Wildman–Crippen LogP) is 12.2. The molecule has 0 N–H and O–H groups in total. The Kier molecular flexibility index (Phi) is 6.22. The van der Waals surface area contributed by atoms with Crippen molar-refractivity contribution in [3.05, 3.63) is 188 Å². The van der Waals surface area contributed by atoms with E-state index in [-0.39, 0.29) is 23.5 Å². The second-order valence-electron chi connectivity index (χ2n) is 12.1. The molecule has 9 rings (SSSR count). The van der Waals surface area contributed by atoms with Gasteiger partial charge in [-0.15, -0.1) is 0 Å². The number of hydrogen-bond donors (Lipinski definition) is 0. The SMILES string of the molecule is [2H]c1c([2H])c([2H])c(-c2nc(-c3cccc(-c4ccc(-c5ccccc5)c5ccccc45)c3)nc(-c3ccc4ccc(-c5ccccc5)cc4c3)n2)c([2H])c1[2H]. The van der Waals surface area contributed by atoms with Crippen molar-refractivity contribution >= 4 is 21.5 Å². The normalized spacial score (nSPS) is 12.6. The summed E-state index contributed by atoms with van der Waals surface area (Å²) in [5.74, 6) is 0.636. The minimum atomic E-state index is -0.477. The lowest BCUT2D eigenvalue weighted by Gasteiger charge is -2.13. The molecular weight excluding hydrogens is 607 g/mol. The van der Waals surface area contributed by atoms with Crippen LogP contribution in [-0.2, 0) is 0 Å². The number of fused-ring (bicyclic) bond motifs is 2. The highest BCUT2D eigenvalue weighted by atomic mass is 15.0. The molecule has 0 fully saturated rings. The second-order valence-corrected chi connectivity index (χ2v) is 12.1. The molecule has 0 spiro atoms. The van der Waals surface area contributed by atoms with E-state index in [1.165, 1.54) is 0 Å². The molecule has 0 aliphatic heterocycles. The molecule has 0 radical (unpaired) electrons. The Morgan fingerprint density at radius 2 is 0.820 bits per heavy atom. The van der Waals surface area contributed by atoms with Crippen LogP contribution in [0.25, 0.3) is 89.1 Å². The van der Waals surface area contributed by atoms with Gasteiger partial charge in [-0.05, 0) is 73.1 Å². The number of benzene rings is 8. The lowest BCUT2D eigenvalue weighted by Crippen LogP contribution is -2.00. The highest BCUT2D eigenvalue weighted by molar-refractivity contribution is 6.05. The Morgan fingerprint density at radius 1 is 0.320 bits per heavy atom. The molecule has 234 valence electrons. The molecule has 0 atom stereocenters. The van der Waals surface area contributed by atoms with Gasteiger partial charge in [0.1, 0.15) is 0 Å². The van der Waals surface area contributed by atoms with Crippen molar-refractivity contribution in [2.24, 2.45) is 0 Å². The molecule has 9 aromatic rings. The summed E-state index contributed by atoms with van der Waals surface area (Å²) < 4.78 is 42.5. The van der Waals surface area contributed by atoms with E-state index in [4.69, 9.17) is 21.8 Å². The van der Waals surface area contributed by atoms with Gasteiger partial charge in [0.25, 0.3) is 0 Å². The van der Waals surface area contributed by atoms with Gasteiger partial charge >= 0.3 is 0 Å². The molecule has 8 aromatic carbocycles. The summed E-state index contributed by atoms with van der Waals surface area (Å²) in [6, 6.07) is 51.3. The van der Waals surface area contributed by atoms with E-state index in [0.717, 1.165) is 54.9 Å². The minimum absolute atomic E-state index is 0.00167. The van der Waals surface area contributed by atoms with Crippen molar-refractivity contribution in [2.75, 3.05) is 0 Å². The van der Waals surface area contributed by atoms with E-state index in [9.17, 15) is 0 Å². The van der Waals surface area contributed by atoms with Crippen LogP contribution >= 0.6 is 0 Å². The fraction of sp³-hybridized carbons (Fsp3) is 0. The maximum Gasteiger partial charge on any atom is 0.164 e. The summed E-state index contributed by atoms with van der Waals surface area (Å²) in [6.07, 6.45) is 0. The highest BCUT2D eigenvalue weighted by Crippen LogP contribution is 2.37. The third kappa shape index (κ3) is 5.61. The maximum atomic E-state index is 8.77. The largest absolute Gasteiger partial charge is 0.208 e. The molecule has 0 saturated heterocycles. The van der Waals surface area contributed by atoms with Crippen LogP contribution in [0.15, 0.2) is 188 Å². The average molecular weight is 643 g/mol. The fourth-order valence-electron chi connectivity index (χ4n) is 6.55. The Bertz CT molecular complexity index is 2900. The summed E-state index contributed by atoms with van der Waals surface area (Å²) >= 11 is 0. The van der Waals surface area contributed by atoms with E-state index < -0.39 is 18.1 Å². The van der Waals surface area contributed by atoms with Gasteiger partial charge in [-0.3, -0.25) is 0 Å². The topological polar surface area (TPSA) is 38.7 Å². The molecular formula is C47H31N3. The first kappa shape index (κ1) is 24.4. The summed E-state index contributed by atoms with van der Waals surface area (Å²) in [7, 11) is 0. The maximum absolute atomic E-state index is 8.77. The number of nitrogens with zero attached hydrogens (tertiary/aromatic N) is 3. The molecule has 0 aliphatic rings. The van der Waals surface area contributed by atoms with E-state index in [1.54, 1.807) is 0 Å². The van der Waals surface area contributed by atoms with Crippen LogP contribution in [0.4, 0.5) is 0 Å². The molecule has 1 aromatic heterocycles. The molecule has 0 aliphatic carbocycles. The second kappa shape index (κ2) is 12.7. The van der Waals surface area contributed by atoms with Crippen molar-refractivity contribution in [1.82, 2.24) is 15.0 Å². The molecule has 3 heteroatoms. The minimum Gasteiger partial charge on any atom is -0.208 e. The molecule has 0 amide bonds. The smallest absolute Gasteiger partial charge is 0.164 e. The van der Waals surface area contributed by atoms with Crippen LogP contribution < -0.4 is 0 Å². The Balaban J connectivity index is 1.22. The summed E-state index contributed by atoms with van der Waals surface area (Å²) in [6.45, 7) is 0. The van der Waals surface area contributed by atoms with Crippen molar-refractivity contribution in [1.29, 1.82) is 0 Å². The number of hydrogen-bond acceptors (Lipinski definition) is 3. The van der Waals surface area contributed by atoms with Crippen LogP contribution in [0.1, 0.15) is 6.85 Å². The van der Waals surface area contributed by atoms with Crippen molar-refractivity contribution < 1.29 is 6.85 Å². The molecule has 0 bridgehead atoms. The van der Waals surface area contributed by atoms with Gasteiger partial charge in [-0.2, -0.15) is 0 Å². The lowest BCUT2D eigenvalue weighted by molar-refractivity contribution is 1.07. The van der Waals surface area contributed by atoms with E-state index in [2.05, 4.69) is 78.9 Å². The fourth-order valence-corrected chi connectivity index (χ4v) is 6.55. The molecule has 3 nitrogen and oxygen atoms in total. The van der Waals surface area contributed by atoms with Crippen LogP contribution in [0, 0.1) is 0 Å². The van der Waals surface area contributed by atoms with Crippen molar-refractivity contribution in [3.8, 4) is 67.5 Å². The van der Waals surface area contributed by atoms with Crippen LogP contribution in [0.3, 0.4) is 0 Å². The zero-order chi connectivity index (χ0) is 37.6. The predicted molar refractivity (Wildman–Crippen MR) is 207 cm³/mol. The van der Waals surface area contributed by atoms with E-state index in [1.807, 2.05) is 78.9 Å². The summed E-state index contributed by atoms with van der Waals surface area (Å²) in [5.41, 5.74) is 7.77. The average Bonchev–Trinajstić information content (AvgIpc) is 3.25. The Labute approximate surface area is 298 Å². The highest BCUT2D eigenvalue weighted by Gasteiger charge is 2.15. The van der Waals surface area contributed by atoms with Gasteiger partial charge < -0.3 is 0 Å². The van der Waals surface area contributed by atoms with Gasteiger partial charge in [0.05, 0.1) is 6.85 Å². The van der Waals surface area contributed by atoms with Gasteiger partial charge in [0, 0.05) is 16.7 Å². The molecule has 0 saturated carbocycles. The standard InChI is InChI=1S/C47H31N3/c1-4-13-32(14-5-1)36-25-23-33-24-26-39(31-40(33)29-36)47-49-45(35-17-8-3-9-18-35)48-46(50-47)38-20-12-19-37(30-38)42-28-27-41(34-15-6-2-7-16-34)43-21-10-11-22-44(42)43/h1-31H/i3D,8D,9D,17D,18D. The van der Waals surface area contributed by atoms with Gasteiger partial charge in [-0.1, -0.05) is 170 Å². The zero-order valence-electron chi connectivity index (χ0n) is 31.9. The van der Waals surface area contributed by atoms with Crippen molar-refractivity contribution in [2.45, 2.75) is 0 Å². The number of rotatable bonds is 6. The van der Waals surface area contributed by atoms with Gasteiger partial charge in [0.15, 0.2) is 17.5 Å². The van der Waals surface area contributed by atoms with Crippen LogP contribution in [-0.4, -0.2) is 15.0 Å². The van der Waals surface area contributed by atoms with E-state index in [0.29, 0.717) is 22.8 Å². The first-order valence-electron chi connectivity index (χ1n) is 18.9. The summed E-state index contributed by atoms with van der Waals surface area (Å²) in [5, 5.41) is 4.26. The van der Waals surface area contributed by atoms with Crippen molar-refractivity contribution in [3.63, 3.8) is 0 Å². The molecule has 0 unspecified atom stereocenters. The molecule has 50 heavy (non-hydrogen) atoms. The monoisotopic (exact) mass is 642 g/mol. The first-order chi connectivity index (χ1) is 26.8. The van der Waals surface area contributed by atoms with Crippen LogP contribution in [0.5, 0.6) is 0 Å². The quantitative estimate of drug-likeness (QED) is 0.181. The Hall–Kier alpha value is -6.71. The lowest BCUT2D eigenvalue weighted by atomic mass is 9.91. The number of aromatic nitrogens is 3. The zero-order valence-corrected chi connectivity index (χ0v) is 26.9.